The van der Waals surface area contributed by atoms with Crippen LogP contribution in [-0.4, -0.2) is 14.9 Å². The van der Waals surface area contributed by atoms with Gasteiger partial charge in [-0.15, -0.1) is 0 Å². The summed E-state index contributed by atoms with van der Waals surface area (Å²) in [7, 11) is 0.215. The van der Waals surface area contributed by atoms with Gasteiger partial charge in [-0.2, -0.15) is 0 Å². The molecule has 2 aromatic carbocycles. The van der Waals surface area contributed by atoms with E-state index >= 15 is 0 Å². The van der Waals surface area contributed by atoms with Gasteiger partial charge in [0.25, 0.3) is 0 Å². The highest BCUT2D eigenvalue weighted by Gasteiger charge is 2.05. The molecule has 16 heavy (non-hydrogen) atoms. The lowest BCUT2D eigenvalue weighted by molar-refractivity contribution is 0.441. The van der Waals surface area contributed by atoms with Crippen molar-refractivity contribution in [2.45, 2.75) is 6.92 Å². The van der Waals surface area contributed by atoms with E-state index in [1.165, 1.54) is 0 Å². The molecular formula is C13H12O2Si. The number of para-hydroxylation sites is 1. The summed E-state index contributed by atoms with van der Waals surface area (Å²) >= 11 is 0. The second-order valence-corrected chi connectivity index (χ2v) is 4.48. The number of hydrogen-bond acceptors (Lipinski definition) is 2. The van der Waals surface area contributed by atoms with Crippen molar-refractivity contribution in [1.29, 1.82) is 0 Å². The first-order valence-corrected chi connectivity index (χ1v) is 5.94. The maximum atomic E-state index is 9.76. The zero-order valence-corrected chi connectivity index (χ0v) is 9.97. The fraction of sp³-hybridized carbons (Fsp3) is 0.0769. The van der Waals surface area contributed by atoms with Crippen LogP contribution in [0.2, 0.25) is 0 Å². The van der Waals surface area contributed by atoms with Crippen molar-refractivity contribution in [2.75, 3.05) is 0 Å². The third-order valence-electron chi connectivity index (χ3n) is 2.25. The normalized spacial score (nSPS) is 10.1. The van der Waals surface area contributed by atoms with Crippen molar-refractivity contribution in [3.8, 4) is 11.5 Å². The molecule has 0 heterocycles. The number of aromatic hydroxyl groups is 1. The van der Waals surface area contributed by atoms with E-state index in [0.29, 0.717) is 5.75 Å². The van der Waals surface area contributed by atoms with E-state index in [4.69, 9.17) is 4.43 Å². The van der Waals surface area contributed by atoms with Crippen LogP contribution in [0, 0.1) is 6.92 Å². The van der Waals surface area contributed by atoms with Gasteiger partial charge in [-0.25, -0.2) is 0 Å². The Balaban J connectivity index is 2.08. The molecule has 0 aliphatic carbocycles. The maximum Gasteiger partial charge on any atom is 0.351 e. The molecule has 0 atom stereocenters. The molecule has 0 bridgehead atoms. The SMILES string of the molecule is Cc1cccc(O[Si]c2ccccc2)c1O. The zero-order chi connectivity index (χ0) is 11.4. The van der Waals surface area contributed by atoms with Crippen LogP contribution in [0.5, 0.6) is 11.5 Å². The predicted octanol–water partition coefficient (Wildman–Crippen LogP) is 2.02. The molecule has 80 valence electrons. The fourth-order valence-electron chi connectivity index (χ4n) is 1.33. The van der Waals surface area contributed by atoms with Gasteiger partial charge in [-0.05, 0) is 23.7 Å². The molecular weight excluding hydrogens is 216 g/mol. The summed E-state index contributed by atoms with van der Waals surface area (Å²) in [5.74, 6) is 0.771. The van der Waals surface area contributed by atoms with Gasteiger partial charge in [0.1, 0.15) is 5.75 Å². The van der Waals surface area contributed by atoms with Crippen molar-refractivity contribution >= 4 is 14.9 Å². The molecule has 0 aliphatic heterocycles. The van der Waals surface area contributed by atoms with E-state index in [1.54, 1.807) is 6.07 Å². The molecule has 0 aliphatic rings. The number of phenolic OH excluding ortho intramolecular Hbond substituents is 1. The minimum atomic E-state index is 0.215. The van der Waals surface area contributed by atoms with Crippen LogP contribution in [0.4, 0.5) is 0 Å². The number of aryl methyl sites for hydroxylation is 1. The van der Waals surface area contributed by atoms with Gasteiger partial charge in [0.05, 0.1) is 0 Å². The summed E-state index contributed by atoms with van der Waals surface area (Å²) in [4.78, 5) is 0. The molecule has 0 saturated heterocycles. The van der Waals surface area contributed by atoms with E-state index in [9.17, 15) is 5.11 Å². The average molecular weight is 228 g/mol. The Morgan fingerprint density at radius 2 is 1.75 bits per heavy atom. The highest BCUT2D eigenvalue weighted by Crippen LogP contribution is 2.28. The molecule has 3 heteroatoms. The van der Waals surface area contributed by atoms with Gasteiger partial charge in [-0.3, -0.25) is 0 Å². The van der Waals surface area contributed by atoms with Crippen LogP contribution in [0.3, 0.4) is 0 Å². The Kier molecular flexibility index (Phi) is 3.27. The molecule has 2 aromatic rings. The molecule has 0 unspecified atom stereocenters. The lowest BCUT2D eigenvalue weighted by Crippen LogP contribution is -2.19. The monoisotopic (exact) mass is 228 g/mol. The molecule has 2 rings (SSSR count). The Morgan fingerprint density at radius 3 is 2.50 bits per heavy atom. The minimum absolute atomic E-state index is 0.215. The smallest absolute Gasteiger partial charge is 0.351 e. The van der Waals surface area contributed by atoms with E-state index in [0.717, 1.165) is 10.8 Å². The molecule has 2 nitrogen and oxygen atoms in total. The lowest BCUT2D eigenvalue weighted by atomic mass is 10.2. The Morgan fingerprint density at radius 1 is 1.00 bits per heavy atom. The van der Waals surface area contributed by atoms with Crippen molar-refractivity contribution in [1.82, 2.24) is 0 Å². The first kappa shape index (κ1) is 10.8. The van der Waals surface area contributed by atoms with Crippen molar-refractivity contribution < 1.29 is 9.53 Å². The highest BCUT2D eigenvalue weighted by atomic mass is 28.2. The molecule has 0 spiro atoms. The fourth-order valence-corrected chi connectivity index (χ4v) is 2.06. The summed E-state index contributed by atoms with van der Waals surface area (Å²) in [5, 5.41) is 10.9. The zero-order valence-electron chi connectivity index (χ0n) is 8.97. The van der Waals surface area contributed by atoms with Gasteiger partial charge in [0.15, 0.2) is 5.75 Å². The molecule has 0 fully saturated rings. The Labute approximate surface area is 97.5 Å². The van der Waals surface area contributed by atoms with Crippen molar-refractivity contribution in [3.63, 3.8) is 0 Å². The minimum Gasteiger partial charge on any atom is -0.533 e. The number of benzene rings is 2. The van der Waals surface area contributed by atoms with Gasteiger partial charge >= 0.3 is 9.76 Å². The van der Waals surface area contributed by atoms with Crippen LogP contribution < -0.4 is 9.61 Å². The second kappa shape index (κ2) is 4.85. The van der Waals surface area contributed by atoms with Gasteiger partial charge in [0.2, 0.25) is 0 Å². The summed E-state index contributed by atoms with van der Waals surface area (Å²) in [6, 6.07) is 15.4. The quantitative estimate of drug-likeness (QED) is 0.814. The Hall–Kier alpha value is -1.74. The van der Waals surface area contributed by atoms with Gasteiger partial charge in [-0.1, -0.05) is 42.5 Å². The van der Waals surface area contributed by atoms with Crippen molar-refractivity contribution in [2.24, 2.45) is 0 Å². The molecule has 0 amide bonds. The van der Waals surface area contributed by atoms with Gasteiger partial charge < -0.3 is 9.53 Å². The predicted molar refractivity (Wildman–Crippen MR) is 65.3 cm³/mol. The van der Waals surface area contributed by atoms with Crippen LogP contribution >= 0.6 is 0 Å². The standard InChI is InChI=1S/C13H12O2Si/c1-10-6-5-9-12(13(10)14)15-16-11-7-3-2-4-8-11/h2-9,14H,1H3. The molecule has 0 aromatic heterocycles. The number of phenols is 1. The van der Waals surface area contributed by atoms with Crippen LogP contribution in [0.15, 0.2) is 48.5 Å². The number of rotatable bonds is 3. The molecule has 0 saturated carbocycles. The van der Waals surface area contributed by atoms with E-state index < -0.39 is 0 Å². The van der Waals surface area contributed by atoms with Crippen LogP contribution in [0.1, 0.15) is 5.56 Å². The summed E-state index contributed by atoms with van der Waals surface area (Å²) in [6.07, 6.45) is 0. The van der Waals surface area contributed by atoms with Crippen LogP contribution in [-0.2, 0) is 0 Å². The average Bonchev–Trinajstić information content (AvgIpc) is 2.32. The van der Waals surface area contributed by atoms with E-state index in [1.807, 2.05) is 49.4 Å². The number of hydrogen-bond donors (Lipinski definition) is 1. The Bertz CT molecular complexity index is 469. The van der Waals surface area contributed by atoms with E-state index in [2.05, 4.69) is 0 Å². The third-order valence-corrected chi connectivity index (χ3v) is 3.14. The van der Waals surface area contributed by atoms with E-state index in [-0.39, 0.29) is 15.5 Å². The third kappa shape index (κ3) is 2.43. The topological polar surface area (TPSA) is 29.5 Å². The molecule has 1 N–H and O–H groups in total. The maximum absolute atomic E-state index is 9.76. The first-order chi connectivity index (χ1) is 7.77. The summed E-state index contributed by atoms with van der Waals surface area (Å²) in [5.41, 5.74) is 0.829. The highest BCUT2D eigenvalue weighted by molar-refractivity contribution is 6.47. The first-order valence-electron chi connectivity index (χ1n) is 5.04. The van der Waals surface area contributed by atoms with Gasteiger partial charge in [0, 0.05) is 0 Å². The van der Waals surface area contributed by atoms with Crippen LogP contribution in [0.25, 0.3) is 0 Å². The lowest BCUT2D eigenvalue weighted by Gasteiger charge is -2.08. The second-order valence-electron chi connectivity index (χ2n) is 3.49. The summed E-state index contributed by atoms with van der Waals surface area (Å²) < 4.78 is 5.58. The van der Waals surface area contributed by atoms with Crippen molar-refractivity contribution in [3.05, 3.63) is 54.1 Å². The summed E-state index contributed by atoms with van der Waals surface area (Å²) in [6.45, 7) is 1.85. The largest absolute Gasteiger partial charge is 0.533 e. The molecule has 2 radical (unpaired) electrons.